The Balaban J connectivity index is 2.23. The number of rotatable bonds is 3. The summed E-state index contributed by atoms with van der Waals surface area (Å²) in [6.07, 6.45) is -2.30. The molecule has 23 heavy (non-hydrogen) atoms. The van der Waals surface area contributed by atoms with Crippen molar-refractivity contribution in [2.45, 2.75) is 12.3 Å². The van der Waals surface area contributed by atoms with E-state index in [9.17, 15) is 13.2 Å². The average molecular weight is 341 g/mol. The minimum atomic E-state index is -4.53. The Morgan fingerprint density at radius 2 is 2.00 bits per heavy atom. The number of benzene rings is 1. The molecule has 3 rings (SSSR count). The molecular weight excluding hydrogens is 329 g/mol. The monoisotopic (exact) mass is 340 g/mol. The van der Waals surface area contributed by atoms with E-state index < -0.39 is 17.8 Å². The molecule has 0 amide bonds. The van der Waals surface area contributed by atoms with Crippen LogP contribution in [-0.2, 0) is 10.9 Å². The van der Waals surface area contributed by atoms with E-state index in [1.54, 1.807) is 24.5 Å². The number of hydrogen-bond acceptors (Lipinski definition) is 2. The first kappa shape index (κ1) is 15.8. The van der Waals surface area contributed by atoms with Crippen molar-refractivity contribution in [2.24, 2.45) is 0 Å². The Kier molecular flexibility index (Phi) is 4.04. The standard InChI is InChI=1S/C16H12ClF3N2O/c1-23-14(10-8-22-15-9(10)4-3-7-21-15)13-11(16(18,19)20)5-2-6-12(13)17/h2-8,14H,1H3,(H,21,22). The van der Waals surface area contributed by atoms with Gasteiger partial charge in [-0.3, -0.25) is 0 Å². The van der Waals surface area contributed by atoms with Crippen molar-refractivity contribution in [1.82, 2.24) is 9.97 Å². The second-order valence-electron chi connectivity index (χ2n) is 4.96. The molecule has 0 aliphatic heterocycles. The van der Waals surface area contributed by atoms with Crippen LogP contribution in [0.3, 0.4) is 0 Å². The largest absolute Gasteiger partial charge is 0.416 e. The SMILES string of the molecule is COC(c1c(Cl)cccc1C(F)(F)F)c1c[nH]c2ncccc12. The van der Waals surface area contributed by atoms with Crippen LogP contribution in [-0.4, -0.2) is 17.1 Å². The van der Waals surface area contributed by atoms with Gasteiger partial charge >= 0.3 is 6.18 Å². The van der Waals surface area contributed by atoms with E-state index >= 15 is 0 Å². The van der Waals surface area contributed by atoms with Gasteiger partial charge < -0.3 is 9.72 Å². The van der Waals surface area contributed by atoms with Crippen molar-refractivity contribution in [1.29, 1.82) is 0 Å². The topological polar surface area (TPSA) is 37.9 Å². The summed E-state index contributed by atoms with van der Waals surface area (Å²) in [7, 11) is 1.35. The lowest BCUT2D eigenvalue weighted by Crippen LogP contribution is -2.14. The van der Waals surface area contributed by atoms with Gasteiger partial charge in [0.25, 0.3) is 0 Å². The van der Waals surface area contributed by atoms with Crippen molar-refractivity contribution in [3.05, 3.63) is 64.4 Å². The highest BCUT2D eigenvalue weighted by Crippen LogP contribution is 2.42. The van der Waals surface area contributed by atoms with Crippen LogP contribution in [0.1, 0.15) is 22.8 Å². The van der Waals surface area contributed by atoms with Crippen LogP contribution in [0.25, 0.3) is 11.0 Å². The van der Waals surface area contributed by atoms with Gasteiger partial charge in [-0.05, 0) is 24.3 Å². The summed E-state index contributed by atoms with van der Waals surface area (Å²) in [6.45, 7) is 0. The van der Waals surface area contributed by atoms with Crippen molar-refractivity contribution in [2.75, 3.05) is 7.11 Å². The Labute approximate surface area is 135 Å². The molecule has 0 saturated carbocycles. The van der Waals surface area contributed by atoms with E-state index in [1.807, 2.05) is 0 Å². The molecule has 120 valence electrons. The molecule has 0 aliphatic rings. The maximum atomic E-state index is 13.3. The number of aromatic amines is 1. The first-order chi connectivity index (χ1) is 10.9. The highest BCUT2D eigenvalue weighted by atomic mass is 35.5. The maximum Gasteiger partial charge on any atom is 0.416 e. The van der Waals surface area contributed by atoms with Crippen molar-refractivity contribution in [3.63, 3.8) is 0 Å². The molecule has 0 fully saturated rings. The van der Waals surface area contributed by atoms with Crippen LogP contribution < -0.4 is 0 Å². The van der Waals surface area contributed by atoms with Crippen LogP contribution >= 0.6 is 11.6 Å². The lowest BCUT2D eigenvalue weighted by Gasteiger charge is -2.21. The van der Waals surface area contributed by atoms with E-state index in [1.165, 1.54) is 19.2 Å². The summed E-state index contributed by atoms with van der Waals surface area (Å²) in [6, 6.07) is 7.18. The van der Waals surface area contributed by atoms with Gasteiger partial charge in [-0.2, -0.15) is 13.2 Å². The molecule has 0 spiro atoms. The minimum absolute atomic E-state index is 0.00455. The summed E-state index contributed by atoms with van der Waals surface area (Å²) in [4.78, 5) is 7.07. The first-order valence-corrected chi connectivity index (χ1v) is 7.11. The fourth-order valence-corrected chi connectivity index (χ4v) is 2.92. The number of H-pyrrole nitrogens is 1. The van der Waals surface area contributed by atoms with Crippen LogP contribution in [0.15, 0.2) is 42.7 Å². The molecule has 0 aliphatic carbocycles. The molecule has 3 aromatic rings. The normalized spacial score (nSPS) is 13.4. The second kappa shape index (κ2) is 5.86. The zero-order valence-corrected chi connectivity index (χ0v) is 12.7. The predicted octanol–water partition coefficient (Wildman–Crippen LogP) is 4.97. The molecule has 2 heterocycles. The molecule has 0 bridgehead atoms. The summed E-state index contributed by atoms with van der Waals surface area (Å²) in [5, 5.41) is 0.692. The second-order valence-corrected chi connectivity index (χ2v) is 5.37. The van der Waals surface area contributed by atoms with Gasteiger partial charge in [-0.15, -0.1) is 0 Å². The van der Waals surface area contributed by atoms with Crippen molar-refractivity contribution < 1.29 is 17.9 Å². The zero-order valence-electron chi connectivity index (χ0n) is 12.0. The third-order valence-corrected chi connectivity index (χ3v) is 3.95. The van der Waals surface area contributed by atoms with Gasteiger partial charge in [0.05, 0.1) is 5.56 Å². The fraction of sp³-hybridized carbons (Fsp3) is 0.188. The van der Waals surface area contributed by atoms with Gasteiger partial charge in [0.2, 0.25) is 0 Å². The van der Waals surface area contributed by atoms with Crippen LogP contribution in [0.2, 0.25) is 5.02 Å². The van der Waals surface area contributed by atoms with Gasteiger partial charge in [0, 0.05) is 41.0 Å². The lowest BCUT2D eigenvalue weighted by molar-refractivity contribution is -0.139. The summed E-state index contributed by atoms with van der Waals surface area (Å²) < 4.78 is 45.4. The highest BCUT2D eigenvalue weighted by Gasteiger charge is 2.37. The third kappa shape index (κ3) is 2.80. The third-order valence-electron chi connectivity index (χ3n) is 3.62. The van der Waals surface area contributed by atoms with E-state index in [2.05, 4.69) is 9.97 Å². The van der Waals surface area contributed by atoms with Crippen molar-refractivity contribution in [3.8, 4) is 0 Å². The fourth-order valence-electron chi connectivity index (χ4n) is 2.65. The molecule has 7 heteroatoms. The first-order valence-electron chi connectivity index (χ1n) is 6.74. The Morgan fingerprint density at radius 1 is 1.22 bits per heavy atom. The molecule has 0 radical (unpaired) electrons. The van der Waals surface area contributed by atoms with Gasteiger partial charge in [0.1, 0.15) is 11.8 Å². The van der Waals surface area contributed by atoms with Gasteiger partial charge in [0.15, 0.2) is 0 Å². The number of alkyl halides is 3. The number of ether oxygens (including phenoxy) is 1. The number of aromatic nitrogens is 2. The number of pyridine rings is 1. The molecule has 3 nitrogen and oxygen atoms in total. The number of halogens is 4. The Morgan fingerprint density at radius 3 is 2.70 bits per heavy atom. The molecule has 2 aromatic heterocycles. The number of fused-ring (bicyclic) bond motifs is 1. The van der Waals surface area contributed by atoms with Gasteiger partial charge in [-0.1, -0.05) is 17.7 Å². The highest BCUT2D eigenvalue weighted by molar-refractivity contribution is 6.31. The van der Waals surface area contributed by atoms with Gasteiger partial charge in [-0.25, -0.2) is 4.98 Å². The Hall–Kier alpha value is -2.05. The van der Waals surface area contributed by atoms with Crippen LogP contribution in [0.4, 0.5) is 13.2 Å². The molecule has 1 aromatic carbocycles. The lowest BCUT2D eigenvalue weighted by atomic mass is 9.96. The van der Waals surface area contributed by atoms with E-state index in [0.29, 0.717) is 16.6 Å². The summed E-state index contributed by atoms with van der Waals surface area (Å²) in [5.41, 5.74) is 0.211. The number of hydrogen-bond donors (Lipinski definition) is 1. The molecule has 1 atom stereocenters. The minimum Gasteiger partial charge on any atom is -0.372 e. The smallest absolute Gasteiger partial charge is 0.372 e. The molecular formula is C16H12ClF3N2O. The number of nitrogens with one attached hydrogen (secondary N) is 1. The molecule has 1 N–H and O–H groups in total. The summed E-state index contributed by atoms with van der Waals surface area (Å²) >= 11 is 6.07. The Bertz CT molecular complexity index is 845. The van der Waals surface area contributed by atoms with E-state index in [-0.39, 0.29) is 10.6 Å². The van der Waals surface area contributed by atoms with Crippen molar-refractivity contribution >= 4 is 22.6 Å². The quantitative estimate of drug-likeness (QED) is 0.731. The van der Waals surface area contributed by atoms with E-state index in [4.69, 9.17) is 16.3 Å². The van der Waals surface area contributed by atoms with Crippen LogP contribution in [0, 0.1) is 0 Å². The van der Waals surface area contributed by atoms with E-state index in [0.717, 1.165) is 6.07 Å². The maximum absolute atomic E-state index is 13.3. The zero-order chi connectivity index (χ0) is 16.6. The van der Waals surface area contributed by atoms with Crippen LogP contribution in [0.5, 0.6) is 0 Å². The molecule has 0 saturated heterocycles. The average Bonchev–Trinajstić information content (AvgIpc) is 2.93. The number of nitrogens with zero attached hydrogens (tertiary/aromatic N) is 1. The summed E-state index contributed by atoms with van der Waals surface area (Å²) in [5.74, 6) is 0. The number of methoxy groups -OCH3 is 1. The predicted molar refractivity (Wildman–Crippen MR) is 81.4 cm³/mol. The molecule has 1 unspecified atom stereocenters.